The largest absolute Gasteiger partial charge is 0.397 e. The molecule has 0 aliphatic carbocycles. The number of thioether (sulfide) groups is 1. The number of carbonyl (C=O) groups excluding carboxylic acids is 1. The molecule has 1 amide bonds. The predicted molar refractivity (Wildman–Crippen MR) is 123 cm³/mol. The smallest absolute Gasteiger partial charge is 0.255 e. The zero-order chi connectivity index (χ0) is 23.2. The minimum absolute atomic E-state index is 0.158. The summed E-state index contributed by atoms with van der Waals surface area (Å²) in [5, 5.41) is 21.7. The van der Waals surface area contributed by atoms with Crippen molar-refractivity contribution in [2.75, 3.05) is 16.4 Å². The molecule has 2 heterocycles. The monoisotopic (exact) mass is 460 g/mol. The number of halogens is 1. The van der Waals surface area contributed by atoms with Crippen LogP contribution in [0, 0.1) is 17.1 Å². The second-order valence-electron chi connectivity index (χ2n) is 6.80. The van der Waals surface area contributed by atoms with E-state index in [1.807, 2.05) is 18.2 Å². The third kappa shape index (κ3) is 5.63. The molecule has 0 fully saturated rings. The lowest BCUT2D eigenvalue weighted by Crippen LogP contribution is -2.13. The van der Waals surface area contributed by atoms with E-state index in [-0.39, 0.29) is 11.6 Å². The van der Waals surface area contributed by atoms with Crippen molar-refractivity contribution in [3.8, 4) is 6.07 Å². The molecule has 11 heteroatoms. The zero-order valence-electron chi connectivity index (χ0n) is 17.0. The van der Waals surface area contributed by atoms with Gasteiger partial charge < -0.3 is 16.4 Å². The molecule has 0 aliphatic rings. The number of aromatic amines is 1. The molecule has 2 aromatic carbocycles. The maximum absolute atomic E-state index is 13.2. The summed E-state index contributed by atoms with van der Waals surface area (Å²) in [5.74, 6) is 0.824. The van der Waals surface area contributed by atoms with Gasteiger partial charge in [0.15, 0.2) is 11.0 Å². The van der Waals surface area contributed by atoms with Crippen LogP contribution in [0.1, 0.15) is 21.6 Å². The van der Waals surface area contributed by atoms with Gasteiger partial charge in [-0.15, -0.1) is 0 Å². The van der Waals surface area contributed by atoms with Crippen LogP contribution in [0.25, 0.3) is 0 Å². The van der Waals surface area contributed by atoms with Gasteiger partial charge in [-0.1, -0.05) is 23.9 Å². The Morgan fingerprint density at radius 2 is 1.97 bits per heavy atom. The summed E-state index contributed by atoms with van der Waals surface area (Å²) in [6.07, 6.45) is 1.63. The molecule has 0 spiro atoms. The number of nitriles is 1. The van der Waals surface area contributed by atoms with Crippen molar-refractivity contribution >= 4 is 40.7 Å². The van der Waals surface area contributed by atoms with Crippen LogP contribution in [0.15, 0.2) is 66.0 Å². The van der Waals surface area contributed by atoms with Crippen molar-refractivity contribution in [3.63, 3.8) is 0 Å². The summed E-state index contributed by atoms with van der Waals surface area (Å²) in [7, 11) is 0. The lowest BCUT2D eigenvalue weighted by Gasteiger charge is -2.09. The van der Waals surface area contributed by atoms with E-state index >= 15 is 0 Å². The number of H-pyrrole nitrogens is 1. The van der Waals surface area contributed by atoms with E-state index in [0.717, 1.165) is 11.6 Å². The first-order valence-corrected chi connectivity index (χ1v) is 10.6. The fraction of sp³-hybridized carbons (Fsp3) is 0.0455. The standard InChI is InChI=1S/C22H17FN8OS/c23-15-5-6-18(17(25)9-15)27-21(32)14-3-1-13(2-4-14)12-33-22-26-8-7-19(29-22)28-20-10-16(11-24)30-31-20/h1-10H,12,25H2,(H,27,32)(H2,26,28,29,30,31). The molecule has 2 aromatic heterocycles. The van der Waals surface area contributed by atoms with Crippen LogP contribution in [0.4, 0.5) is 27.4 Å². The molecule has 0 atom stereocenters. The number of nitrogens with zero attached hydrogens (tertiary/aromatic N) is 4. The Hall–Kier alpha value is -4.43. The van der Waals surface area contributed by atoms with E-state index in [1.54, 1.807) is 30.5 Å². The second kappa shape index (κ2) is 9.80. The third-order valence-electron chi connectivity index (χ3n) is 4.43. The number of amides is 1. The number of rotatable bonds is 7. The van der Waals surface area contributed by atoms with Gasteiger partial charge in [-0.05, 0) is 42.0 Å². The zero-order valence-corrected chi connectivity index (χ0v) is 17.9. The Kier molecular flexibility index (Phi) is 6.47. The molecular formula is C22H17FN8OS. The van der Waals surface area contributed by atoms with Gasteiger partial charge >= 0.3 is 0 Å². The van der Waals surface area contributed by atoms with Crippen LogP contribution >= 0.6 is 11.8 Å². The molecule has 33 heavy (non-hydrogen) atoms. The highest BCUT2D eigenvalue weighted by atomic mass is 32.2. The summed E-state index contributed by atoms with van der Waals surface area (Å²) in [4.78, 5) is 21.1. The van der Waals surface area contributed by atoms with Crippen molar-refractivity contribution in [1.82, 2.24) is 20.2 Å². The molecule has 164 valence electrons. The highest BCUT2D eigenvalue weighted by molar-refractivity contribution is 7.98. The molecule has 0 unspecified atom stereocenters. The van der Waals surface area contributed by atoms with Gasteiger partial charge in [0.05, 0.1) is 11.4 Å². The summed E-state index contributed by atoms with van der Waals surface area (Å²) in [6.45, 7) is 0. The number of aromatic nitrogens is 4. The quantitative estimate of drug-likeness (QED) is 0.183. The first-order valence-electron chi connectivity index (χ1n) is 9.64. The maximum Gasteiger partial charge on any atom is 0.255 e. The Morgan fingerprint density at radius 3 is 2.70 bits per heavy atom. The van der Waals surface area contributed by atoms with Gasteiger partial charge in [0, 0.05) is 23.6 Å². The van der Waals surface area contributed by atoms with Crippen LogP contribution in [-0.2, 0) is 5.75 Å². The SMILES string of the molecule is N#Cc1cc(Nc2ccnc(SCc3ccc(C(=O)Nc4ccc(F)cc4N)cc3)n2)n[nH]1. The van der Waals surface area contributed by atoms with Crippen molar-refractivity contribution < 1.29 is 9.18 Å². The Labute approximate surface area is 192 Å². The lowest BCUT2D eigenvalue weighted by molar-refractivity contribution is 0.102. The number of benzene rings is 2. The highest BCUT2D eigenvalue weighted by Crippen LogP contribution is 2.23. The van der Waals surface area contributed by atoms with Gasteiger partial charge in [0.1, 0.15) is 23.4 Å². The fourth-order valence-corrected chi connectivity index (χ4v) is 3.58. The molecule has 0 saturated carbocycles. The maximum atomic E-state index is 13.2. The number of nitrogen functional groups attached to an aromatic ring is 1. The Balaban J connectivity index is 1.34. The molecule has 0 bridgehead atoms. The van der Waals surface area contributed by atoms with E-state index in [1.165, 1.54) is 23.9 Å². The topological polar surface area (TPSA) is 145 Å². The molecule has 0 radical (unpaired) electrons. The lowest BCUT2D eigenvalue weighted by atomic mass is 10.1. The predicted octanol–water partition coefficient (Wildman–Crippen LogP) is 4.08. The van der Waals surface area contributed by atoms with E-state index in [9.17, 15) is 9.18 Å². The molecule has 4 aromatic rings. The summed E-state index contributed by atoms with van der Waals surface area (Å²) >= 11 is 1.43. The number of nitrogens with two attached hydrogens (primary N) is 1. The Morgan fingerprint density at radius 1 is 1.15 bits per heavy atom. The number of hydrogen-bond acceptors (Lipinski definition) is 8. The molecule has 4 rings (SSSR count). The molecule has 0 aliphatic heterocycles. The van der Waals surface area contributed by atoms with E-state index in [2.05, 4.69) is 30.8 Å². The first kappa shape index (κ1) is 21.8. The van der Waals surface area contributed by atoms with Crippen LogP contribution < -0.4 is 16.4 Å². The number of hydrogen-bond donors (Lipinski definition) is 4. The average Bonchev–Trinajstić information content (AvgIpc) is 3.27. The molecule has 9 nitrogen and oxygen atoms in total. The van der Waals surface area contributed by atoms with Gasteiger partial charge in [0.2, 0.25) is 0 Å². The van der Waals surface area contributed by atoms with Crippen molar-refractivity contribution in [2.45, 2.75) is 10.9 Å². The van der Waals surface area contributed by atoms with Crippen molar-refractivity contribution in [1.29, 1.82) is 5.26 Å². The van der Waals surface area contributed by atoms with Crippen LogP contribution in [-0.4, -0.2) is 26.1 Å². The van der Waals surface area contributed by atoms with Crippen LogP contribution in [0.2, 0.25) is 0 Å². The third-order valence-corrected chi connectivity index (χ3v) is 5.37. The summed E-state index contributed by atoms with van der Waals surface area (Å²) in [6, 6.07) is 16.1. The minimum Gasteiger partial charge on any atom is -0.397 e. The van der Waals surface area contributed by atoms with Crippen molar-refractivity contribution in [3.05, 3.63) is 83.4 Å². The minimum atomic E-state index is -0.466. The number of carbonyl (C=O) groups is 1. The fourth-order valence-electron chi connectivity index (χ4n) is 2.80. The Bertz CT molecular complexity index is 1330. The van der Waals surface area contributed by atoms with E-state index < -0.39 is 5.82 Å². The first-order chi connectivity index (χ1) is 16.0. The second-order valence-corrected chi connectivity index (χ2v) is 7.74. The van der Waals surface area contributed by atoms with Gasteiger partial charge in [-0.2, -0.15) is 10.4 Å². The highest BCUT2D eigenvalue weighted by Gasteiger charge is 2.10. The van der Waals surface area contributed by atoms with E-state index in [4.69, 9.17) is 11.0 Å². The molecule has 5 N–H and O–H groups in total. The average molecular weight is 460 g/mol. The van der Waals surface area contributed by atoms with Gasteiger partial charge in [-0.25, -0.2) is 14.4 Å². The van der Waals surface area contributed by atoms with Crippen molar-refractivity contribution in [2.24, 2.45) is 0 Å². The molecule has 0 saturated heterocycles. The normalized spacial score (nSPS) is 10.4. The number of anilines is 4. The summed E-state index contributed by atoms with van der Waals surface area (Å²) in [5.41, 5.74) is 8.02. The molecular weight excluding hydrogens is 443 g/mol. The number of nitrogens with one attached hydrogen (secondary N) is 3. The van der Waals surface area contributed by atoms with Gasteiger partial charge in [0.25, 0.3) is 5.91 Å². The van der Waals surface area contributed by atoms with Gasteiger partial charge in [-0.3, -0.25) is 9.89 Å². The summed E-state index contributed by atoms with van der Waals surface area (Å²) < 4.78 is 13.2. The van der Waals surface area contributed by atoms with Crippen LogP contribution in [0.3, 0.4) is 0 Å². The van der Waals surface area contributed by atoms with E-state index in [0.29, 0.717) is 39.5 Å². The van der Waals surface area contributed by atoms with Crippen LogP contribution in [0.5, 0.6) is 0 Å².